The molecule has 94 valence electrons. The van der Waals surface area contributed by atoms with E-state index >= 15 is 0 Å². The lowest BCUT2D eigenvalue weighted by Crippen LogP contribution is -2.57. The molecule has 1 rings (SSSR count). The van der Waals surface area contributed by atoms with Crippen molar-refractivity contribution in [2.45, 2.75) is 30.7 Å². The monoisotopic (exact) mass is 256 g/mol. The van der Waals surface area contributed by atoms with E-state index in [4.69, 9.17) is 14.5 Å². The van der Waals surface area contributed by atoms with Crippen molar-refractivity contribution in [3.8, 4) is 0 Å². The zero-order valence-corrected chi connectivity index (χ0v) is 8.97. The van der Waals surface area contributed by atoms with Gasteiger partial charge in [-0.1, -0.05) is 6.08 Å². The predicted octanol–water partition coefficient (Wildman–Crippen LogP) is -1.91. The highest BCUT2D eigenvalue weighted by Crippen LogP contribution is 2.40. The Hall–Kier alpha value is -0.310. The molecule has 0 aromatic rings. The first-order valence-corrected chi connectivity index (χ1v) is 5.85. The molecule has 0 amide bonds. The number of hydrogen-bond donors (Lipinski definition) is 5. The van der Waals surface area contributed by atoms with Crippen LogP contribution in [0.25, 0.3) is 0 Å². The Kier molecular flexibility index (Phi) is 4.22. The standard InChI is InChI=1S/C7H13O8P/c1-2-3-4(8)5(9)6(10)7(14-3)15-16(11,12)13/h2-10H,1H2,(H2,11,12,13)/t3-,4-,5+,6-,7-/m1/s1. The molecule has 1 aliphatic rings. The fraction of sp³-hybridized carbons (Fsp3) is 0.714. The first-order chi connectivity index (χ1) is 7.26. The molecule has 0 aromatic heterocycles. The van der Waals surface area contributed by atoms with Crippen molar-refractivity contribution in [1.29, 1.82) is 0 Å². The van der Waals surface area contributed by atoms with Crippen LogP contribution >= 0.6 is 7.82 Å². The quantitative estimate of drug-likeness (QED) is 0.291. The largest absolute Gasteiger partial charge is 0.472 e. The Morgan fingerprint density at radius 1 is 1.19 bits per heavy atom. The minimum absolute atomic E-state index is 1.09. The molecule has 0 radical (unpaired) electrons. The van der Waals surface area contributed by atoms with Gasteiger partial charge in [0.2, 0.25) is 0 Å². The number of phosphoric ester groups is 1. The maximum absolute atomic E-state index is 10.5. The average molecular weight is 256 g/mol. The van der Waals surface area contributed by atoms with Crippen LogP contribution in [0.2, 0.25) is 0 Å². The second kappa shape index (κ2) is 4.91. The summed E-state index contributed by atoms with van der Waals surface area (Å²) in [5.41, 5.74) is 0. The summed E-state index contributed by atoms with van der Waals surface area (Å²) in [5.74, 6) is 0. The summed E-state index contributed by atoms with van der Waals surface area (Å²) in [6, 6.07) is 0. The fourth-order valence-electron chi connectivity index (χ4n) is 1.29. The summed E-state index contributed by atoms with van der Waals surface area (Å²) < 4.78 is 19.5. The summed E-state index contributed by atoms with van der Waals surface area (Å²) in [6.45, 7) is 3.30. The average Bonchev–Trinajstić information content (AvgIpc) is 2.17. The molecule has 8 nitrogen and oxygen atoms in total. The van der Waals surface area contributed by atoms with Crippen LogP contribution in [0.5, 0.6) is 0 Å². The van der Waals surface area contributed by atoms with Crippen molar-refractivity contribution in [3.63, 3.8) is 0 Å². The van der Waals surface area contributed by atoms with E-state index in [1.165, 1.54) is 0 Å². The Bertz CT molecular complexity index is 301. The molecule has 5 atom stereocenters. The van der Waals surface area contributed by atoms with Crippen LogP contribution in [-0.2, 0) is 13.8 Å². The van der Waals surface area contributed by atoms with Gasteiger partial charge in [-0.2, -0.15) is 0 Å². The van der Waals surface area contributed by atoms with Gasteiger partial charge in [-0.25, -0.2) is 4.57 Å². The molecule has 1 aliphatic heterocycles. The van der Waals surface area contributed by atoms with E-state index in [1.807, 2.05) is 0 Å². The van der Waals surface area contributed by atoms with Crippen LogP contribution < -0.4 is 0 Å². The zero-order valence-electron chi connectivity index (χ0n) is 8.08. The van der Waals surface area contributed by atoms with Crippen molar-refractivity contribution >= 4 is 7.82 Å². The molecule has 5 N–H and O–H groups in total. The maximum Gasteiger partial charge on any atom is 0.472 e. The molecule has 1 heterocycles. The Morgan fingerprint density at radius 2 is 1.75 bits per heavy atom. The van der Waals surface area contributed by atoms with E-state index < -0.39 is 38.5 Å². The van der Waals surface area contributed by atoms with Crippen LogP contribution in [0, 0.1) is 0 Å². The van der Waals surface area contributed by atoms with Crippen molar-refractivity contribution in [2.24, 2.45) is 0 Å². The summed E-state index contributed by atoms with van der Waals surface area (Å²) in [7, 11) is -4.87. The van der Waals surface area contributed by atoms with Gasteiger partial charge in [-0.05, 0) is 0 Å². The van der Waals surface area contributed by atoms with E-state index in [9.17, 15) is 19.9 Å². The van der Waals surface area contributed by atoms with Gasteiger partial charge >= 0.3 is 7.82 Å². The molecule has 0 spiro atoms. The van der Waals surface area contributed by atoms with Crippen molar-refractivity contribution in [3.05, 3.63) is 12.7 Å². The summed E-state index contributed by atoms with van der Waals surface area (Å²) in [5, 5.41) is 28.1. The molecule has 0 unspecified atom stereocenters. The van der Waals surface area contributed by atoms with Crippen LogP contribution in [0.15, 0.2) is 12.7 Å². The third-order valence-electron chi connectivity index (χ3n) is 2.08. The van der Waals surface area contributed by atoms with Gasteiger partial charge in [-0.3, -0.25) is 4.52 Å². The molecule has 0 saturated carbocycles. The molecule has 9 heteroatoms. The van der Waals surface area contributed by atoms with Gasteiger partial charge in [0.25, 0.3) is 0 Å². The molecule has 0 aromatic carbocycles. The number of phosphoric acid groups is 1. The third-order valence-corrected chi connectivity index (χ3v) is 2.56. The number of aliphatic hydroxyl groups is 3. The molecule has 0 aliphatic carbocycles. The molecular formula is C7H13O8P. The highest BCUT2D eigenvalue weighted by atomic mass is 31.2. The number of ether oxygens (including phenoxy) is 1. The minimum Gasteiger partial charge on any atom is -0.387 e. The first kappa shape index (κ1) is 13.8. The topological polar surface area (TPSA) is 137 Å². The summed E-state index contributed by atoms with van der Waals surface area (Å²) >= 11 is 0. The van der Waals surface area contributed by atoms with E-state index in [2.05, 4.69) is 11.1 Å². The minimum atomic E-state index is -4.87. The molecule has 16 heavy (non-hydrogen) atoms. The second-order valence-corrected chi connectivity index (χ2v) is 4.46. The lowest BCUT2D eigenvalue weighted by molar-refractivity contribution is -0.265. The van der Waals surface area contributed by atoms with E-state index in [0.717, 1.165) is 6.08 Å². The second-order valence-electron chi connectivity index (χ2n) is 3.27. The maximum atomic E-state index is 10.5. The van der Waals surface area contributed by atoms with Crippen molar-refractivity contribution in [2.75, 3.05) is 0 Å². The Morgan fingerprint density at radius 3 is 2.19 bits per heavy atom. The Balaban J connectivity index is 2.79. The number of aliphatic hydroxyl groups excluding tert-OH is 3. The highest BCUT2D eigenvalue weighted by Gasteiger charge is 2.45. The zero-order chi connectivity index (χ0) is 12.5. The normalized spacial score (nSPS) is 40.7. The fourth-order valence-corrected chi connectivity index (χ4v) is 1.74. The van der Waals surface area contributed by atoms with E-state index in [1.54, 1.807) is 0 Å². The third kappa shape index (κ3) is 3.09. The lowest BCUT2D eigenvalue weighted by atomic mass is 9.99. The van der Waals surface area contributed by atoms with Crippen molar-refractivity contribution in [1.82, 2.24) is 0 Å². The van der Waals surface area contributed by atoms with E-state index in [0.29, 0.717) is 0 Å². The summed E-state index contributed by atoms with van der Waals surface area (Å²) in [6.07, 6.45) is -6.55. The van der Waals surface area contributed by atoms with Crippen LogP contribution in [0.4, 0.5) is 0 Å². The smallest absolute Gasteiger partial charge is 0.387 e. The summed E-state index contributed by atoms with van der Waals surface area (Å²) in [4.78, 5) is 17.1. The van der Waals surface area contributed by atoms with Crippen LogP contribution in [0.1, 0.15) is 0 Å². The van der Waals surface area contributed by atoms with Crippen LogP contribution in [0.3, 0.4) is 0 Å². The van der Waals surface area contributed by atoms with Crippen LogP contribution in [-0.4, -0.2) is 55.8 Å². The lowest BCUT2D eigenvalue weighted by Gasteiger charge is -2.38. The van der Waals surface area contributed by atoms with Gasteiger partial charge in [0, 0.05) is 0 Å². The molecule has 1 saturated heterocycles. The highest BCUT2D eigenvalue weighted by molar-refractivity contribution is 7.46. The number of rotatable bonds is 3. The Labute approximate surface area is 91.0 Å². The van der Waals surface area contributed by atoms with Crippen molar-refractivity contribution < 1.29 is 38.9 Å². The predicted molar refractivity (Wildman–Crippen MR) is 50.0 cm³/mol. The van der Waals surface area contributed by atoms with Gasteiger partial charge < -0.3 is 29.8 Å². The first-order valence-electron chi connectivity index (χ1n) is 4.32. The van der Waals surface area contributed by atoms with E-state index in [-0.39, 0.29) is 0 Å². The molecular weight excluding hydrogens is 243 g/mol. The molecule has 1 fully saturated rings. The van der Waals surface area contributed by atoms with Gasteiger partial charge in [0.05, 0.1) is 0 Å². The van der Waals surface area contributed by atoms with Gasteiger partial charge in [0.1, 0.15) is 24.4 Å². The van der Waals surface area contributed by atoms with Gasteiger partial charge in [-0.15, -0.1) is 6.58 Å². The number of hydrogen-bond acceptors (Lipinski definition) is 6. The SMILES string of the molecule is C=C[C@H]1O[C@H](OP(=O)(O)O)[C@H](O)[C@@H](O)[C@@H]1O. The van der Waals surface area contributed by atoms with Gasteiger partial charge in [0.15, 0.2) is 6.29 Å². The molecule has 0 bridgehead atoms.